The molecule has 0 unspecified atom stereocenters. The predicted molar refractivity (Wildman–Crippen MR) is 204 cm³/mol. The van der Waals surface area contributed by atoms with Crippen LogP contribution in [0, 0.1) is 0 Å². The Hall–Kier alpha value is -5.25. The van der Waals surface area contributed by atoms with E-state index in [-0.39, 0.29) is 0 Å². The van der Waals surface area contributed by atoms with E-state index in [1.165, 1.54) is 0 Å². The fraction of sp³-hybridized carbons (Fsp3) is 0.0476. The number of rotatable bonds is 13. The van der Waals surface area contributed by atoms with Gasteiger partial charge in [-0.25, -0.2) is 0 Å². The number of hydrogen-bond acceptors (Lipinski definition) is 4. The Morgan fingerprint density at radius 1 is 0.354 bits per heavy atom. The van der Waals surface area contributed by atoms with E-state index in [0.717, 1.165) is 42.5 Å². The first-order chi connectivity index (χ1) is 23.7. The Balaban J connectivity index is 1.38. The van der Waals surface area contributed by atoms with Gasteiger partial charge in [0.05, 0.1) is 11.4 Å². The lowest BCUT2D eigenvalue weighted by Crippen LogP contribution is -2.71. The summed E-state index contributed by atoms with van der Waals surface area (Å²) in [5.41, 5.74) is 8.42. The van der Waals surface area contributed by atoms with Crippen molar-refractivity contribution in [3.05, 3.63) is 206 Å². The molecule has 6 aromatic rings. The molecule has 0 saturated carbocycles. The number of hydrogen-bond donors (Lipinski definition) is 2. The summed E-state index contributed by atoms with van der Waals surface area (Å²) >= 11 is 0. The molecule has 0 atom stereocenters. The average molecular weight is 661 g/mol. The molecule has 0 aliphatic heterocycles. The molecule has 2 N–H and O–H groups in total. The zero-order valence-corrected chi connectivity index (χ0v) is 29.3. The van der Waals surface area contributed by atoms with Crippen LogP contribution in [0.5, 0.6) is 0 Å². The summed E-state index contributed by atoms with van der Waals surface area (Å²) in [6.45, 7) is 4.01. The van der Waals surface area contributed by atoms with E-state index in [1.807, 2.05) is 62.4 Å². The SMILES string of the molecule is CC=C(NO[Si](c1ccccc1)(c1ccccc1)c1ccccc1)C(=CC)NO[Si](c1ccccc1)(c1ccccc1)c1ccccc1. The second kappa shape index (κ2) is 15.6. The summed E-state index contributed by atoms with van der Waals surface area (Å²) < 4.78 is 14.2. The van der Waals surface area contributed by atoms with Gasteiger partial charge in [-0.3, -0.25) is 11.0 Å². The van der Waals surface area contributed by atoms with Gasteiger partial charge in [-0.15, -0.1) is 0 Å². The first kappa shape index (κ1) is 32.7. The van der Waals surface area contributed by atoms with Crippen molar-refractivity contribution in [3.8, 4) is 0 Å². The highest BCUT2D eigenvalue weighted by atomic mass is 28.4. The lowest BCUT2D eigenvalue weighted by Gasteiger charge is -2.35. The average Bonchev–Trinajstić information content (AvgIpc) is 3.18. The van der Waals surface area contributed by atoms with Gasteiger partial charge >= 0.3 is 16.6 Å². The molecule has 6 heteroatoms. The molecule has 238 valence electrons. The monoisotopic (exact) mass is 660 g/mol. The van der Waals surface area contributed by atoms with Crippen molar-refractivity contribution >= 4 is 47.8 Å². The van der Waals surface area contributed by atoms with Gasteiger partial charge in [0.15, 0.2) is 0 Å². The molecule has 0 heterocycles. The zero-order valence-electron chi connectivity index (χ0n) is 27.3. The second-order valence-corrected chi connectivity index (χ2v) is 18.0. The van der Waals surface area contributed by atoms with Crippen LogP contribution in [0.1, 0.15) is 13.8 Å². The topological polar surface area (TPSA) is 42.5 Å². The molecule has 0 bridgehead atoms. The van der Waals surface area contributed by atoms with Gasteiger partial charge in [-0.05, 0) is 45.0 Å². The van der Waals surface area contributed by atoms with E-state index >= 15 is 0 Å². The minimum Gasteiger partial charge on any atom is -0.305 e. The Morgan fingerprint density at radius 3 is 0.708 bits per heavy atom. The molecule has 48 heavy (non-hydrogen) atoms. The van der Waals surface area contributed by atoms with E-state index in [4.69, 9.17) is 9.05 Å². The van der Waals surface area contributed by atoms with Gasteiger partial charge in [0.1, 0.15) is 0 Å². The summed E-state index contributed by atoms with van der Waals surface area (Å²) in [5, 5.41) is 6.83. The van der Waals surface area contributed by atoms with Crippen LogP contribution in [0.2, 0.25) is 0 Å². The van der Waals surface area contributed by atoms with Crippen molar-refractivity contribution < 1.29 is 9.05 Å². The fourth-order valence-electron chi connectivity index (χ4n) is 6.19. The van der Waals surface area contributed by atoms with Gasteiger partial charge < -0.3 is 9.05 Å². The maximum atomic E-state index is 7.11. The summed E-state index contributed by atoms with van der Waals surface area (Å²) in [4.78, 5) is 0. The number of nitrogens with one attached hydrogen (secondary N) is 2. The third kappa shape index (κ3) is 6.60. The summed E-state index contributed by atoms with van der Waals surface area (Å²) in [7, 11) is -6.04. The van der Waals surface area contributed by atoms with Crippen LogP contribution in [0.15, 0.2) is 206 Å². The summed E-state index contributed by atoms with van der Waals surface area (Å²) in [6.07, 6.45) is 4.03. The molecule has 6 aromatic carbocycles. The van der Waals surface area contributed by atoms with E-state index < -0.39 is 16.6 Å². The molecule has 0 fully saturated rings. The van der Waals surface area contributed by atoms with Crippen LogP contribution in [-0.4, -0.2) is 16.6 Å². The first-order valence-corrected chi connectivity index (χ1v) is 20.1. The molecule has 6 rings (SSSR count). The number of hydroxylamine groups is 2. The minimum absolute atomic E-state index is 0.772. The van der Waals surface area contributed by atoms with Gasteiger partial charge in [-0.2, -0.15) is 0 Å². The molecule has 0 spiro atoms. The Morgan fingerprint density at radius 2 is 0.542 bits per heavy atom. The van der Waals surface area contributed by atoms with Crippen LogP contribution < -0.4 is 42.1 Å². The van der Waals surface area contributed by atoms with E-state index in [2.05, 4.69) is 157 Å². The van der Waals surface area contributed by atoms with Gasteiger partial charge in [0.2, 0.25) is 0 Å². The van der Waals surface area contributed by atoms with E-state index in [0.29, 0.717) is 0 Å². The smallest absolute Gasteiger partial charge is 0.305 e. The molecular formula is C42H40N2O2Si2. The maximum absolute atomic E-state index is 7.11. The third-order valence-corrected chi connectivity index (χ3v) is 16.3. The standard InChI is InChI=1S/C42H40N2O2Si2/c1-3-41(43-45-47(35-23-11-5-12-24-35,36-25-13-6-14-26-36)37-27-15-7-16-28-37)42(4-2)44-46-48(38-29-17-8-18-30-38,39-31-19-9-20-32-39)40-33-21-10-22-34-40/h3-34,43-44H,1-2H3. The zero-order chi connectivity index (χ0) is 33.1. The Labute approximate surface area is 286 Å². The van der Waals surface area contributed by atoms with Crippen LogP contribution in [-0.2, 0) is 9.05 Å². The summed E-state index contributed by atoms with van der Waals surface area (Å²) in [6, 6.07) is 63.2. The van der Waals surface area contributed by atoms with Crippen LogP contribution in [0.4, 0.5) is 0 Å². The van der Waals surface area contributed by atoms with Crippen molar-refractivity contribution in [2.45, 2.75) is 13.8 Å². The third-order valence-electron chi connectivity index (χ3n) is 8.58. The van der Waals surface area contributed by atoms with Crippen molar-refractivity contribution in [3.63, 3.8) is 0 Å². The highest BCUT2D eigenvalue weighted by Gasteiger charge is 2.45. The molecular weight excluding hydrogens is 621 g/mol. The lowest BCUT2D eigenvalue weighted by molar-refractivity contribution is 0.205. The number of allylic oxidation sites excluding steroid dienone is 2. The Kier molecular flexibility index (Phi) is 10.6. The molecule has 4 nitrogen and oxygen atoms in total. The molecule has 0 radical (unpaired) electrons. The quantitative estimate of drug-likeness (QED) is 0.0777. The van der Waals surface area contributed by atoms with E-state index in [1.54, 1.807) is 0 Å². The van der Waals surface area contributed by atoms with Gasteiger partial charge in [0, 0.05) is 0 Å². The van der Waals surface area contributed by atoms with E-state index in [9.17, 15) is 0 Å². The normalized spacial score (nSPS) is 12.4. The van der Waals surface area contributed by atoms with Crippen molar-refractivity contribution in [2.75, 3.05) is 0 Å². The first-order valence-electron chi connectivity index (χ1n) is 16.3. The molecule has 0 saturated heterocycles. The largest absolute Gasteiger partial charge is 0.321 e. The highest BCUT2D eigenvalue weighted by Crippen LogP contribution is 2.14. The molecule has 0 aromatic heterocycles. The fourth-order valence-corrected chi connectivity index (χ4v) is 13.4. The van der Waals surface area contributed by atoms with Crippen LogP contribution in [0.25, 0.3) is 0 Å². The van der Waals surface area contributed by atoms with Gasteiger partial charge in [0.25, 0.3) is 0 Å². The maximum Gasteiger partial charge on any atom is 0.321 e. The highest BCUT2D eigenvalue weighted by molar-refractivity contribution is 7.07. The predicted octanol–water partition coefficient (Wildman–Crippen LogP) is 5.17. The minimum atomic E-state index is -3.02. The van der Waals surface area contributed by atoms with Gasteiger partial charge in [-0.1, -0.05) is 194 Å². The lowest BCUT2D eigenvalue weighted by atomic mass is 10.3. The Bertz CT molecular complexity index is 1580. The number of benzene rings is 6. The van der Waals surface area contributed by atoms with Crippen molar-refractivity contribution in [2.24, 2.45) is 0 Å². The van der Waals surface area contributed by atoms with Crippen LogP contribution >= 0.6 is 0 Å². The molecule has 0 aliphatic carbocycles. The molecule has 0 amide bonds. The van der Waals surface area contributed by atoms with Crippen molar-refractivity contribution in [1.29, 1.82) is 0 Å². The summed E-state index contributed by atoms with van der Waals surface area (Å²) in [5.74, 6) is 0. The molecule has 0 aliphatic rings. The van der Waals surface area contributed by atoms with Crippen molar-refractivity contribution in [1.82, 2.24) is 11.0 Å². The van der Waals surface area contributed by atoms with Crippen LogP contribution in [0.3, 0.4) is 0 Å². The second-order valence-electron chi connectivity index (χ2n) is 11.4.